The maximum atomic E-state index is 10.9. The number of piperidine rings is 1. The third-order valence-electron chi connectivity index (χ3n) is 3.16. The first-order valence-electron chi connectivity index (χ1n) is 6.20. The van der Waals surface area contributed by atoms with Gasteiger partial charge in [-0.1, -0.05) is 18.2 Å². The molecule has 0 aromatic heterocycles. The third-order valence-corrected chi connectivity index (χ3v) is 3.73. The average Bonchev–Trinajstić information content (AvgIpc) is 2.37. The molecule has 1 saturated heterocycles. The van der Waals surface area contributed by atoms with Crippen LogP contribution in [0.2, 0.25) is 0 Å². The van der Waals surface area contributed by atoms with Crippen LogP contribution in [0, 0.1) is 0 Å². The molecule has 1 heterocycles. The van der Waals surface area contributed by atoms with E-state index in [2.05, 4.69) is 9.99 Å². The molecule has 1 aromatic rings. The van der Waals surface area contributed by atoms with E-state index in [1.54, 1.807) is 0 Å². The molecule has 0 aliphatic carbocycles. The van der Waals surface area contributed by atoms with Gasteiger partial charge in [-0.3, -0.25) is 0 Å². The number of rotatable bonds is 4. The number of hydrogen-bond acceptors (Lipinski definition) is 2. The van der Waals surface area contributed by atoms with Crippen LogP contribution in [-0.2, 0) is 11.1 Å². The van der Waals surface area contributed by atoms with E-state index >= 15 is 0 Å². The molecule has 18 heavy (non-hydrogen) atoms. The van der Waals surface area contributed by atoms with E-state index < -0.39 is 7.75 Å². The lowest BCUT2D eigenvalue weighted by Crippen LogP contribution is -2.30. The molecule has 0 atom stereocenters. The lowest BCUT2D eigenvalue weighted by Gasteiger charge is -2.30. The zero-order chi connectivity index (χ0) is 13.0. The van der Waals surface area contributed by atoms with Gasteiger partial charge in [-0.2, -0.15) is 0 Å². The molecule has 1 aliphatic heterocycles. The Morgan fingerprint density at radius 1 is 1.17 bits per heavy atom. The van der Waals surface area contributed by atoms with Crippen LogP contribution in [0.4, 0.5) is 5.69 Å². The standard InChI is InChI=1S/C12H19N2O3P/c15-18(16,17)13-10-11-6-2-3-7-12(11)14-8-4-1-5-9-14/h2-3,6-7H,1,4-5,8-10H2,(H3,13,15,16,17). The molecule has 0 saturated carbocycles. The lowest BCUT2D eigenvalue weighted by molar-refractivity contribution is 0.357. The molecule has 0 amide bonds. The third kappa shape index (κ3) is 3.82. The van der Waals surface area contributed by atoms with Gasteiger partial charge in [-0.05, 0) is 30.9 Å². The monoisotopic (exact) mass is 270 g/mol. The molecule has 0 radical (unpaired) electrons. The summed E-state index contributed by atoms with van der Waals surface area (Å²) in [6.07, 6.45) is 3.62. The number of nitrogens with zero attached hydrogens (tertiary/aromatic N) is 1. The summed E-state index contributed by atoms with van der Waals surface area (Å²) < 4.78 is 10.9. The molecular formula is C12H19N2O3P. The average molecular weight is 270 g/mol. The summed E-state index contributed by atoms with van der Waals surface area (Å²) in [5, 5.41) is 2.26. The van der Waals surface area contributed by atoms with Gasteiger partial charge in [0.25, 0.3) is 0 Å². The summed E-state index contributed by atoms with van der Waals surface area (Å²) in [7, 11) is -4.16. The summed E-state index contributed by atoms with van der Waals surface area (Å²) >= 11 is 0. The zero-order valence-electron chi connectivity index (χ0n) is 10.2. The first-order chi connectivity index (χ1) is 8.56. The van der Waals surface area contributed by atoms with Gasteiger partial charge in [0, 0.05) is 25.3 Å². The Labute approximate surface area is 107 Å². The van der Waals surface area contributed by atoms with E-state index in [4.69, 9.17) is 9.79 Å². The predicted molar refractivity (Wildman–Crippen MR) is 71.4 cm³/mol. The van der Waals surface area contributed by atoms with Gasteiger partial charge >= 0.3 is 7.75 Å². The molecule has 5 nitrogen and oxygen atoms in total. The smallest absolute Gasteiger partial charge is 0.371 e. The molecule has 0 bridgehead atoms. The minimum Gasteiger partial charge on any atom is -0.371 e. The maximum Gasteiger partial charge on any atom is 0.400 e. The SMILES string of the molecule is O=P(O)(O)NCc1ccccc1N1CCCCC1. The first-order valence-corrected chi connectivity index (χ1v) is 7.81. The molecule has 2 rings (SSSR count). The summed E-state index contributed by atoms with van der Waals surface area (Å²) in [5.41, 5.74) is 2.01. The molecule has 1 aliphatic rings. The van der Waals surface area contributed by atoms with Crippen LogP contribution in [0.25, 0.3) is 0 Å². The molecule has 0 spiro atoms. The van der Waals surface area contributed by atoms with E-state index in [9.17, 15) is 4.57 Å². The van der Waals surface area contributed by atoms with Gasteiger partial charge in [0.05, 0.1) is 0 Å². The highest BCUT2D eigenvalue weighted by Gasteiger charge is 2.16. The van der Waals surface area contributed by atoms with Gasteiger partial charge in [-0.15, -0.1) is 0 Å². The van der Waals surface area contributed by atoms with Crippen molar-refractivity contribution in [3.8, 4) is 0 Å². The fourth-order valence-corrected chi connectivity index (χ4v) is 2.67. The highest BCUT2D eigenvalue weighted by atomic mass is 31.2. The second-order valence-electron chi connectivity index (χ2n) is 4.56. The summed E-state index contributed by atoms with van der Waals surface area (Å²) in [6, 6.07) is 7.78. The van der Waals surface area contributed by atoms with Crippen LogP contribution in [0.3, 0.4) is 0 Å². The largest absolute Gasteiger partial charge is 0.400 e. The van der Waals surface area contributed by atoms with Crippen LogP contribution in [0.1, 0.15) is 24.8 Å². The zero-order valence-corrected chi connectivity index (χ0v) is 11.1. The predicted octanol–water partition coefficient (Wildman–Crippen LogP) is 1.86. The fraction of sp³-hybridized carbons (Fsp3) is 0.500. The molecule has 3 N–H and O–H groups in total. The fourth-order valence-electron chi connectivity index (χ4n) is 2.29. The van der Waals surface area contributed by atoms with Crippen LogP contribution in [-0.4, -0.2) is 22.9 Å². The first kappa shape index (κ1) is 13.6. The highest BCUT2D eigenvalue weighted by molar-refractivity contribution is 7.49. The Bertz CT molecular complexity index is 441. The maximum absolute atomic E-state index is 10.9. The topological polar surface area (TPSA) is 72.8 Å². The van der Waals surface area contributed by atoms with Gasteiger partial charge in [-0.25, -0.2) is 9.65 Å². The lowest BCUT2D eigenvalue weighted by atomic mass is 10.1. The van der Waals surface area contributed by atoms with E-state index in [1.165, 1.54) is 19.3 Å². The van der Waals surface area contributed by atoms with E-state index in [-0.39, 0.29) is 6.54 Å². The van der Waals surface area contributed by atoms with Crippen molar-refractivity contribution in [3.05, 3.63) is 29.8 Å². The number of para-hydroxylation sites is 1. The minimum absolute atomic E-state index is 0.191. The Kier molecular flexibility index (Phi) is 4.40. The Balaban J connectivity index is 2.11. The van der Waals surface area contributed by atoms with Crippen LogP contribution >= 0.6 is 7.75 Å². The number of benzene rings is 1. The number of nitrogens with one attached hydrogen (secondary N) is 1. The summed E-state index contributed by atoms with van der Waals surface area (Å²) in [4.78, 5) is 20.0. The van der Waals surface area contributed by atoms with E-state index in [0.29, 0.717) is 0 Å². The van der Waals surface area contributed by atoms with Crippen molar-refractivity contribution in [3.63, 3.8) is 0 Å². The van der Waals surface area contributed by atoms with Crippen molar-refractivity contribution in [1.29, 1.82) is 0 Å². The van der Waals surface area contributed by atoms with Crippen molar-refractivity contribution < 1.29 is 14.4 Å². The second kappa shape index (κ2) is 5.85. The Morgan fingerprint density at radius 2 is 1.83 bits per heavy atom. The molecule has 0 unspecified atom stereocenters. The molecule has 1 aromatic carbocycles. The van der Waals surface area contributed by atoms with Gasteiger partial charge < -0.3 is 14.7 Å². The quantitative estimate of drug-likeness (QED) is 0.728. The Morgan fingerprint density at radius 3 is 2.50 bits per heavy atom. The van der Waals surface area contributed by atoms with Gasteiger partial charge in [0.15, 0.2) is 0 Å². The second-order valence-corrected chi connectivity index (χ2v) is 5.96. The highest BCUT2D eigenvalue weighted by Crippen LogP contribution is 2.31. The number of anilines is 1. The van der Waals surface area contributed by atoms with Crippen molar-refractivity contribution >= 4 is 13.4 Å². The van der Waals surface area contributed by atoms with Crippen LogP contribution in [0.15, 0.2) is 24.3 Å². The van der Waals surface area contributed by atoms with Gasteiger partial charge in [0.2, 0.25) is 0 Å². The van der Waals surface area contributed by atoms with Crippen molar-refractivity contribution in [2.75, 3.05) is 18.0 Å². The van der Waals surface area contributed by atoms with Crippen LogP contribution in [0.5, 0.6) is 0 Å². The molecule has 100 valence electrons. The minimum atomic E-state index is -4.16. The van der Waals surface area contributed by atoms with Crippen molar-refractivity contribution in [1.82, 2.24) is 5.09 Å². The van der Waals surface area contributed by atoms with Crippen molar-refractivity contribution in [2.24, 2.45) is 0 Å². The van der Waals surface area contributed by atoms with Crippen LogP contribution < -0.4 is 9.99 Å². The normalized spacial score (nSPS) is 16.9. The summed E-state index contributed by atoms with van der Waals surface area (Å²) in [5.74, 6) is 0. The van der Waals surface area contributed by atoms with Crippen molar-refractivity contribution in [2.45, 2.75) is 25.8 Å². The molecule has 1 fully saturated rings. The Hall–Kier alpha value is -0.870. The number of hydrogen-bond donors (Lipinski definition) is 3. The summed E-state index contributed by atoms with van der Waals surface area (Å²) in [6.45, 7) is 2.23. The van der Waals surface area contributed by atoms with E-state index in [1.807, 2.05) is 24.3 Å². The molecule has 6 heteroatoms. The molecular weight excluding hydrogens is 251 g/mol. The van der Waals surface area contributed by atoms with Gasteiger partial charge in [0.1, 0.15) is 0 Å². The van der Waals surface area contributed by atoms with E-state index in [0.717, 1.165) is 24.3 Å².